The summed E-state index contributed by atoms with van der Waals surface area (Å²) in [5.41, 5.74) is 2.95. The molecule has 5 nitrogen and oxygen atoms in total. The Bertz CT molecular complexity index is 1220. The van der Waals surface area contributed by atoms with Gasteiger partial charge in [0.1, 0.15) is 6.17 Å². The number of benzene rings is 3. The van der Waals surface area contributed by atoms with Gasteiger partial charge in [-0.05, 0) is 42.3 Å². The van der Waals surface area contributed by atoms with Gasteiger partial charge in [0, 0.05) is 7.05 Å². The molecule has 0 saturated carbocycles. The molecular formula is C24H22N2O3S. The van der Waals surface area contributed by atoms with Crippen LogP contribution in [0.1, 0.15) is 21.5 Å². The monoisotopic (exact) mass is 418 g/mol. The lowest BCUT2D eigenvalue weighted by Gasteiger charge is -2.43. The quantitative estimate of drug-likeness (QED) is 0.634. The van der Waals surface area contributed by atoms with Crippen LogP contribution in [0.4, 0.5) is 5.69 Å². The van der Waals surface area contributed by atoms with Crippen LogP contribution in [0.3, 0.4) is 0 Å². The molecule has 3 aromatic rings. The Morgan fingerprint density at radius 1 is 0.900 bits per heavy atom. The summed E-state index contributed by atoms with van der Waals surface area (Å²) in [5.74, 6) is -0.247. The van der Waals surface area contributed by atoms with E-state index < -0.39 is 16.2 Å². The standard InChI is InChI=1S/C24H22N2O3S/c1-17-13-15-20(16-14-17)30(28,29)26-22-12-8-7-11-21(22)24(27)25(3)23(26)18(2)19-9-5-4-6-10-19/h4-16,23H,2H2,1,3H3. The molecule has 0 aromatic heterocycles. The van der Waals surface area contributed by atoms with Gasteiger partial charge >= 0.3 is 0 Å². The van der Waals surface area contributed by atoms with Crippen molar-refractivity contribution in [3.05, 3.63) is 102 Å². The van der Waals surface area contributed by atoms with Gasteiger partial charge in [-0.3, -0.25) is 4.79 Å². The molecule has 0 bridgehead atoms. The van der Waals surface area contributed by atoms with Crippen LogP contribution < -0.4 is 4.31 Å². The van der Waals surface area contributed by atoms with Gasteiger partial charge in [0.2, 0.25) is 0 Å². The number of carbonyl (C=O) groups is 1. The highest BCUT2D eigenvalue weighted by molar-refractivity contribution is 7.93. The lowest BCUT2D eigenvalue weighted by Crippen LogP contribution is -2.56. The van der Waals surface area contributed by atoms with Crippen LogP contribution in [0, 0.1) is 6.92 Å². The lowest BCUT2D eigenvalue weighted by molar-refractivity contribution is 0.0758. The van der Waals surface area contributed by atoms with E-state index in [0.29, 0.717) is 16.8 Å². The number of hydrogen-bond acceptors (Lipinski definition) is 3. The zero-order chi connectivity index (χ0) is 21.5. The highest BCUT2D eigenvalue weighted by Crippen LogP contribution is 2.39. The normalized spacial score (nSPS) is 16.3. The van der Waals surface area contributed by atoms with Crippen LogP contribution in [-0.4, -0.2) is 32.4 Å². The fourth-order valence-corrected chi connectivity index (χ4v) is 5.35. The minimum Gasteiger partial charge on any atom is -0.316 e. The van der Waals surface area contributed by atoms with E-state index in [2.05, 4.69) is 6.58 Å². The van der Waals surface area contributed by atoms with Crippen molar-refractivity contribution < 1.29 is 13.2 Å². The Hall–Kier alpha value is -3.38. The highest BCUT2D eigenvalue weighted by Gasteiger charge is 2.43. The molecule has 0 spiro atoms. The van der Waals surface area contributed by atoms with Gasteiger partial charge < -0.3 is 4.90 Å². The predicted molar refractivity (Wildman–Crippen MR) is 119 cm³/mol. The fraction of sp³-hybridized carbons (Fsp3) is 0.125. The molecule has 152 valence electrons. The number of anilines is 1. The number of amides is 1. The first-order valence-electron chi connectivity index (χ1n) is 9.54. The predicted octanol–water partition coefficient (Wildman–Crippen LogP) is 4.32. The third-order valence-electron chi connectivity index (χ3n) is 5.32. The van der Waals surface area contributed by atoms with Gasteiger partial charge in [-0.25, -0.2) is 12.7 Å². The molecule has 0 N–H and O–H groups in total. The maximum Gasteiger partial charge on any atom is 0.266 e. The summed E-state index contributed by atoms with van der Waals surface area (Å²) < 4.78 is 28.9. The van der Waals surface area contributed by atoms with Gasteiger partial charge in [0.25, 0.3) is 15.9 Å². The second-order valence-electron chi connectivity index (χ2n) is 7.31. The number of nitrogens with zero attached hydrogens (tertiary/aromatic N) is 2. The molecule has 1 aliphatic heterocycles. The molecule has 6 heteroatoms. The molecule has 3 aromatic carbocycles. The van der Waals surface area contributed by atoms with Crippen LogP contribution in [0.5, 0.6) is 0 Å². The minimum absolute atomic E-state index is 0.163. The van der Waals surface area contributed by atoms with Crippen molar-refractivity contribution in [3.63, 3.8) is 0 Å². The molecule has 4 rings (SSSR count). The highest BCUT2D eigenvalue weighted by atomic mass is 32.2. The molecule has 1 unspecified atom stereocenters. The maximum atomic E-state index is 13.8. The average molecular weight is 419 g/mol. The molecule has 1 heterocycles. The van der Waals surface area contributed by atoms with Gasteiger partial charge in [-0.15, -0.1) is 0 Å². The van der Waals surface area contributed by atoms with Crippen molar-refractivity contribution in [2.75, 3.05) is 11.4 Å². The Morgan fingerprint density at radius 3 is 2.17 bits per heavy atom. The fourth-order valence-electron chi connectivity index (χ4n) is 3.70. The average Bonchev–Trinajstić information content (AvgIpc) is 2.76. The molecule has 0 fully saturated rings. The Balaban J connectivity index is 1.94. The molecule has 0 radical (unpaired) electrons. The topological polar surface area (TPSA) is 57.7 Å². The maximum absolute atomic E-state index is 13.8. The van der Waals surface area contributed by atoms with E-state index in [1.807, 2.05) is 37.3 Å². The van der Waals surface area contributed by atoms with Crippen molar-refractivity contribution in [1.29, 1.82) is 0 Å². The Labute approximate surface area is 176 Å². The van der Waals surface area contributed by atoms with Gasteiger partial charge in [-0.2, -0.15) is 0 Å². The zero-order valence-electron chi connectivity index (χ0n) is 16.8. The first-order chi connectivity index (χ1) is 14.3. The van der Waals surface area contributed by atoms with Crippen molar-refractivity contribution in [2.45, 2.75) is 18.0 Å². The van der Waals surface area contributed by atoms with Crippen molar-refractivity contribution in [1.82, 2.24) is 4.90 Å². The molecule has 1 atom stereocenters. The molecule has 0 saturated heterocycles. The molecule has 30 heavy (non-hydrogen) atoms. The minimum atomic E-state index is -3.97. The second kappa shape index (κ2) is 7.46. The third kappa shape index (κ3) is 3.19. The van der Waals surface area contributed by atoms with E-state index in [4.69, 9.17) is 0 Å². The smallest absolute Gasteiger partial charge is 0.266 e. The largest absolute Gasteiger partial charge is 0.316 e. The zero-order valence-corrected chi connectivity index (χ0v) is 17.6. The SMILES string of the molecule is C=C(c1ccccc1)C1N(C)C(=O)c2ccccc2N1S(=O)(=O)c1ccc(C)cc1. The van der Waals surface area contributed by atoms with Gasteiger partial charge in [-0.1, -0.05) is 66.7 Å². The number of carbonyl (C=O) groups excluding carboxylic acids is 1. The van der Waals surface area contributed by atoms with E-state index in [1.165, 1.54) is 9.21 Å². The summed E-state index contributed by atoms with van der Waals surface area (Å²) in [4.78, 5) is 14.7. The van der Waals surface area contributed by atoms with E-state index in [-0.39, 0.29) is 10.8 Å². The number of para-hydroxylation sites is 1. The summed E-state index contributed by atoms with van der Waals surface area (Å²) in [5, 5.41) is 0. The van der Waals surface area contributed by atoms with Crippen molar-refractivity contribution in [2.24, 2.45) is 0 Å². The van der Waals surface area contributed by atoms with E-state index in [0.717, 1.165) is 11.1 Å². The van der Waals surface area contributed by atoms with Crippen LogP contribution in [-0.2, 0) is 10.0 Å². The number of sulfonamides is 1. The van der Waals surface area contributed by atoms with Crippen LogP contribution in [0.15, 0.2) is 90.3 Å². The Kier molecular flexibility index (Phi) is 4.95. The summed E-state index contributed by atoms with van der Waals surface area (Å²) in [6.45, 7) is 6.08. The number of fused-ring (bicyclic) bond motifs is 1. The second-order valence-corrected chi connectivity index (χ2v) is 9.13. The van der Waals surface area contributed by atoms with E-state index in [9.17, 15) is 13.2 Å². The summed E-state index contributed by atoms with van der Waals surface area (Å²) in [6, 6.07) is 22.8. The van der Waals surface area contributed by atoms with Crippen LogP contribution in [0.25, 0.3) is 5.57 Å². The summed E-state index contributed by atoms with van der Waals surface area (Å²) >= 11 is 0. The van der Waals surface area contributed by atoms with Crippen LogP contribution >= 0.6 is 0 Å². The number of likely N-dealkylation sites (N-methyl/N-ethyl adjacent to an activating group) is 1. The first kappa shape index (κ1) is 19.9. The molecule has 1 aliphatic rings. The van der Waals surface area contributed by atoms with E-state index in [1.54, 1.807) is 55.6 Å². The number of hydrogen-bond donors (Lipinski definition) is 0. The Morgan fingerprint density at radius 2 is 1.50 bits per heavy atom. The molecule has 0 aliphatic carbocycles. The summed E-state index contributed by atoms with van der Waals surface area (Å²) in [6.07, 6.45) is -0.888. The van der Waals surface area contributed by atoms with Crippen LogP contribution in [0.2, 0.25) is 0 Å². The molecule has 1 amide bonds. The summed E-state index contributed by atoms with van der Waals surface area (Å²) in [7, 11) is -2.37. The van der Waals surface area contributed by atoms with Gasteiger partial charge in [0.15, 0.2) is 0 Å². The van der Waals surface area contributed by atoms with E-state index >= 15 is 0 Å². The number of rotatable bonds is 4. The third-order valence-corrected chi connectivity index (χ3v) is 7.10. The molecular weight excluding hydrogens is 396 g/mol. The van der Waals surface area contributed by atoms with Crippen molar-refractivity contribution >= 4 is 27.2 Å². The first-order valence-corrected chi connectivity index (χ1v) is 11.0. The van der Waals surface area contributed by atoms with Crippen molar-refractivity contribution in [3.8, 4) is 0 Å². The van der Waals surface area contributed by atoms with Gasteiger partial charge in [0.05, 0.1) is 16.1 Å². The lowest BCUT2D eigenvalue weighted by atomic mass is 10.00. The number of aryl methyl sites for hydroxylation is 1.